The van der Waals surface area contributed by atoms with Crippen LogP contribution in [0.15, 0.2) is 30.3 Å². The van der Waals surface area contributed by atoms with Gasteiger partial charge in [-0.1, -0.05) is 25.5 Å². The number of hydrogen-bond acceptors (Lipinski definition) is 2. The fourth-order valence-electron chi connectivity index (χ4n) is 3.58. The van der Waals surface area contributed by atoms with E-state index in [0.29, 0.717) is 18.1 Å². The Morgan fingerprint density at radius 1 is 1.04 bits per heavy atom. The fraction of sp³-hybridized carbons (Fsp3) is 0.429. The van der Waals surface area contributed by atoms with Crippen molar-refractivity contribution in [1.82, 2.24) is 0 Å². The van der Waals surface area contributed by atoms with Crippen LogP contribution in [0.1, 0.15) is 44.3 Å². The predicted octanol–water partition coefficient (Wildman–Crippen LogP) is 6.34. The summed E-state index contributed by atoms with van der Waals surface area (Å²) in [6.07, 6.45) is 3.93. The highest BCUT2D eigenvalue weighted by Crippen LogP contribution is 2.35. The van der Waals surface area contributed by atoms with Crippen molar-refractivity contribution >= 4 is 0 Å². The van der Waals surface area contributed by atoms with Gasteiger partial charge >= 0.3 is 0 Å². The van der Waals surface area contributed by atoms with Crippen LogP contribution in [0.2, 0.25) is 0 Å². The van der Waals surface area contributed by atoms with Crippen LogP contribution < -0.4 is 4.74 Å². The maximum atomic E-state index is 14.6. The van der Waals surface area contributed by atoms with Crippen molar-refractivity contribution in [3.8, 4) is 16.9 Å². The summed E-state index contributed by atoms with van der Waals surface area (Å²) in [5, 5.41) is 0. The lowest BCUT2D eigenvalue weighted by Crippen LogP contribution is -2.20. The van der Waals surface area contributed by atoms with Gasteiger partial charge in [0.2, 0.25) is 6.86 Å². The Bertz CT molecular complexity index is 763. The molecule has 0 saturated carbocycles. The lowest BCUT2D eigenvalue weighted by molar-refractivity contribution is -0.0195. The first-order chi connectivity index (χ1) is 13.0. The van der Waals surface area contributed by atoms with Gasteiger partial charge in [0.1, 0.15) is 5.82 Å². The molecule has 1 heterocycles. The molecular weight excluding hydrogens is 360 g/mol. The predicted molar refractivity (Wildman–Crippen MR) is 94.7 cm³/mol. The molecule has 6 heteroatoms. The summed E-state index contributed by atoms with van der Waals surface area (Å²) in [6, 6.07) is 6.40. The highest BCUT2D eigenvalue weighted by molar-refractivity contribution is 5.66. The maximum absolute atomic E-state index is 14.6. The van der Waals surface area contributed by atoms with Crippen LogP contribution in [0, 0.1) is 23.4 Å². The molecule has 1 saturated heterocycles. The van der Waals surface area contributed by atoms with Crippen molar-refractivity contribution in [2.24, 2.45) is 5.92 Å². The van der Waals surface area contributed by atoms with Gasteiger partial charge in [-0.25, -0.2) is 17.6 Å². The molecule has 2 aromatic rings. The highest BCUT2D eigenvalue weighted by Gasteiger charge is 2.23. The van der Waals surface area contributed by atoms with Gasteiger partial charge in [-0.2, -0.15) is 0 Å². The Hall–Kier alpha value is -2.08. The second-order valence-corrected chi connectivity index (χ2v) is 6.82. The van der Waals surface area contributed by atoms with E-state index in [4.69, 9.17) is 4.74 Å². The summed E-state index contributed by atoms with van der Waals surface area (Å²) in [4.78, 5) is 0. The standard InChI is InChI=1S/C21H22F4O2/c1-2-3-13-4-7-20(26-11-13)14-5-6-16(17(23)8-14)15-9-18(24)21(27-12-22)19(25)10-15/h5-6,8-10,13,20H,2-4,7,11-12H2,1H3. The van der Waals surface area contributed by atoms with Gasteiger partial charge < -0.3 is 9.47 Å². The van der Waals surface area contributed by atoms with E-state index in [9.17, 15) is 17.6 Å². The van der Waals surface area contributed by atoms with Crippen LogP contribution >= 0.6 is 0 Å². The SMILES string of the molecule is CCCC1CCC(c2ccc(-c3cc(F)c(OCF)c(F)c3)c(F)c2)OC1. The van der Waals surface area contributed by atoms with Crippen molar-refractivity contribution in [3.63, 3.8) is 0 Å². The van der Waals surface area contributed by atoms with Crippen molar-refractivity contribution in [2.75, 3.05) is 13.5 Å². The zero-order valence-electron chi connectivity index (χ0n) is 15.1. The Balaban J connectivity index is 1.80. The van der Waals surface area contributed by atoms with Gasteiger partial charge in [0.05, 0.1) is 12.7 Å². The van der Waals surface area contributed by atoms with Gasteiger partial charge in [0.25, 0.3) is 0 Å². The van der Waals surface area contributed by atoms with Gasteiger partial charge in [-0.15, -0.1) is 0 Å². The van der Waals surface area contributed by atoms with E-state index in [1.165, 1.54) is 12.1 Å². The Morgan fingerprint density at radius 3 is 2.33 bits per heavy atom. The molecule has 2 unspecified atom stereocenters. The van der Waals surface area contributed by atoms with Crippen molar-refractivity contribution in [2.45, 2.75) is 38.7 Å². The molecule has 0 aromatic heterocycles. The Kier molecular flexibility index (Phi) is 6.37. The number of ether oxygens (including phenoxy) is 2. The third kappa shape index (κ3) is 4.43. The number of rotatable bonds is 6. The maximum Gasteiger partial charge on any atom is 0.228 e. The number of benzene rings is 2. The third-order valence-corrected chi connectivity index (χ3v) is 4.94. The molecule has 146 valence electrons. The van der Waals surface area contributed by atoms with Crippen LogP contribution in [0.25, 0.3) is 11.1 Å². The molecule has 1 aliphatic rings. The van der Waals surface area contributed by atoms with E-state index in [0.717, 1.165) is 37.8 Å². The molecule has 0 aliphatic carbocycles. The minimum absolute atomic E-state index is 0.0211. The molecule has 0 N–H and O–H groups in total. The smallest absolute Gasteiger partial charge is 0.228 e. The molecule has 0 spiro atoms. The molecule has 1 aliphatic heterocycles. The van der Waals surface area contributed by atoms with Gasteiger partial charge in [0, 0.05) is 5.56 Å². The molecule has 2 atom stereocenters. The van der Waals surface area contributed by atoms with Crippen LogP contribution in [0.4, 0.5) is 17.6 Å². The highest BCUT2D eigenvalue weighted by atomic mass is 19.1. The minimum atomic E-state index is -1.35. The molecule has 2 aromatic carbocycles. The van der Waals surface area contributed by atoms with Gasteiger partial charge in [-0.3, -0.25) is 0 Å². The van der Waals surface area contributed by atoms with Crippen molar-refractivity contribution < 1.29 is 27.0 Å². The molecule has 2 nitrogen and oxygen atoms in total. The topological polar surface area (TPSA) is 18.5 Å². The van der Waals surface area contributed by atoms with Crippen molar-refractivity contribution in [3.05, 3.63) is 53.3 Å². The lowest BCUT2D eigenvalue weighted by atomic mass is 9.91. The molecule has 0 radical (unpaired) electrons. The first-order valence-electron chi connectivity index (χ1n) is 9.12. The van der Waals surface area contributed by atoms with E-state index >= 15 is 0 Å². The Labute approximate surface area is 156 Å². The van der Waals surface area contributed by atoms with E-state index in [1.807, 2.05) is 0 Å². The first kappa shape index (κ1) is 19.7. The van der Waals surface area contributed by atoms with Crippen LogP contribution in [0.5, 0.6) is 5.75 Å². The molecular formula is C21H22F4O2. The summed E-state index contributed by atoms with van der Waals surface area (Å²) in [7, 11) is 0. The van der Waals surface area contributed by atoms with E-state index < -0.39 is 30.1 Å². The molecule has 0 bridgehead atoms. The van der Waals surface area contributed by atoms with E-state index in [1.54, 1.807) is 6.07 Å². The summed E-state index contributed by atoms with van der Waals surface area (Å²) < 4.78 is 64.8. The van der Waals surface area contributed by atoms with E-state index in [-0.39, 0.29) is 17.2 Å². The fourth-order valence-corrected chi connectivity index (χ4v) is 3.58. The average molecular weight is 382 g/mol. The summed E-state index contributed by atoms with van der Waals surface area (Å²) in [5.74, 6) is -3.01. The second-order valence-electron chi connectivity index (χ2n) is 6.82. The quantitative estimate of drug-likeness (QED) is 0.543. The molecule has 1 fully saturated rings. The number of halogens is 4. The first-order valence-corrected chi connectivity index (χ1v) is 9.12. The molecule has 3 rings (SSSR count). The zero-order valence-corrected chi connectivity index (χ0v) is 15.1. The third-order valence-electron chi connectivity index (χ3n) is 4.94. The van der Waals surface area contributed by atoms with Crippen molar-refractivity contribution in [1.29, 1.82) is 0 Å². The normalized spacial score (nSPS) is 19.9. The monoisotopic (exact) mass is 382 g/mol. The van der Waals surface area contributed by atoms with E-state index in [2.05, 4.69) is 11.7 Å². The summed E-state index contributed by atoms with van der Waals surface area (Å²) >= 11 is 0. The van der Waals surface area contributed by atoms with Crippen LogP contribution in [-0.2, 0) is 4.74 Å². The Morgan fingerprint density at radius 2 is 1.78 bits per heavy atom. The lowest BCUT2D eigenvalue weighted by Gasteiger charge is -2.29. The van der Waals surface area contributed by atoms with Gasteiger partial charge in [0.15, 0.2) is 17.4 Å². The van der Waals surface area contributed by atoms with Crippen LogP contribution in [-0.4, -0.2) is 13.5 Å². The molecule has 27 heavy (non-hydrogen) atoms. The molecule has 0 amide bonds. The van der Waals surface area contributed by atoms with Crippen LogP contribution in [0.3, 0.4) is 0 Å². The zero-order chi connectivity index (χ0) is 19.4. The summed E-state index contributed by atoms with van der Waals surface area (Å²) in [6.45, 7) is 1.45. The number of hydrogen-bond donors (Lipinski definition) is 0. The average Bonchev–Trinajstić information content (AvgIpc) is 2.65. The van der Waals surface area contributed by atoms with Gasteiger partial charge in [-0.05, 0) is 54.5 Å². The largest absolute Gasteiger partial charge is 0.457 e. The second kappa shape index (κ2) is 8.74. The minimum Gasteiger partial charge on any atom is -0.457 e. The number of alkyl halides is 1. The summed E-state index contributed by atoms with van der Waals surface area (Å²) in [5.41, 5.74) is 0.792.